The lowest BCUT2D eigenvalue weighted by atomic mass is 9.96. The molecule has 0 unspecified atom stereocenters. The minimum atomic E-state index is 0.646. The highest BCUT2D eigenvalue weighted by Gasteiger charge is 2.22. The third-order valence-electron chi connectivity index (χ3n) is 4.29. The van der Waals surface area contributed by atoms with E-state index in [0.717, 1.165) is 18.2 Å². The monoisotopic (exact) mass is 270 g/mol. The zero-order chi connectivity index (χ0) is 12.8. The first kappa shape index (κ1) is 14.1. The highest BCUT2D eigenvalue weighted by molar-refractivity contribution is 7.80. The zero-order valence-electron chi connectivity index (χ0n) is 11.7. The minimum Gasteiger partial charge on any atom is -0.360 e. The predicted octanol–water partition coefficient (Wildman–Crippen LogP) is 0.804. The maximum Gasteiger partial charge on any atom is 0.169 e. The van der Waals surface area contributed by atoms with E-state index in [2.05, 4.69) is 17.1 Å². The van der Waals surface area contributed by atoms with Gasteiger partial charge in [0.25, 0.3) is 0 Å². The molecule has 0 amide bonds. The van der Waals surface area contributed by atoms with Gasteiger partial charge in [0.15, 0.2) is 5.11 Å². The predicted molar refractivity (Wildman–Crippen MR) is 80.0 cm³/mol. The second-order valence-corrected chi connectivity index (χ2v) is 6.16. The third-order valence-corrected chi connectivity index (χ3v) is 4.67. The lowest BCUT2D eigenvalue weighted by molar-refractivity contribution is -0.903. The molecule has 1 aliphatic carbocycles. The first-order chi connectivity index (χ1) is 8.79. The summed E-state index contributed by atoms with van der Waals surface area (Å²) in [5, 5.41) is 4.60. The fraction of sp³-hybridized carbons (Fsp3) is 0.929. The van der Waals surface area contributed by atoms with Crippen molar-refractivity contribution in [1.82, 2.24) is 10.2 Å². The molecule has 18 heavy (non-hydrogen) atoms. The van der Waals surface area contributed by atoms with Gasteiger partial charge in [-0.25, -0.2) is 0 Å². The molecule has 1 saturated heterocycles. The molecule has 1 heterocycles. The summed E-state index contributed by atoms with van der Waals surface area (Å²) >= 11 is 5.56. The van der Waals surface area contributed by atoms with E-state index in [1.165, 1.54) is 58.2 Å². The average molecular weight is 270 g/mol. The maximum atomic E-state index is 5.56. The summed E-state index contributed by atoms with van der Waals surface area (Å²) in [6, 6.07) is 0.646. The molecule has 0 aromatic heterocycles. The van der Waals surface area contributed by atoms with Crippen LogP contribution in [0.4, 0.5) is 0 Å². The lowest BCUT2D eigenvalue weighted by Crippen LogP contribution is -3.14. The molecule has 3 nitrogen and oxygen atoms in total. The first-order valence-electron chi connectivity index (χ1n) is 7.68. The Hall–Kier alpha value is -0.350. The van der Waals surface area contributed by atoms with Gasteiger partial charge in [-0.3, -0.25) is 0 Å². The second-order valence-electron chi connectivity index (χ2n) is 5.77. The van der Waals surface area contributed by atoms with Crippen molar-refractivity contribution >= 4 is 17.3 Å². The van der Waals surface area contributed by atoms with E-state index in [9.17, 15) is 0 Å². The summed E-state index contributed by atoms with van der Waals surface area (Å²) in [6.45, 7) is 8.35. The van der Waals surface area contributed by atoms with Crippen molar-refractivity contribution < 1.29 is 4.90 Å². The van der Waals surface area contributed by atoms with Gasteiger partial charge in [-0.15, -0.1) is 0 Å². The molecule has 4 heteroatoms. The Kier molecular flexibility index (Phi) is 5.70. The Morgan fingerprint density at radius 1 is 1.22 bits per heavy atom. The van der Waals surface area contributed by atoms with E-state index in [1.807, 2.05) is 0 Å². The Balaban J connectivity index is 1.70. The molecule has 0 spiro atoms. The van der Waals surface area contributed by atoms with Gasteiger partial charge in [-0.05, 0) is 31.5 Å². The second kappa shape index (κ2) is 7.29. The normalized spacial score (nSPS) is 23.1. The van der Waals surface area contributed by atoms with Crippen molar-refractivity contribution in [2.75, 3.05) is 32.7 Å². The maximum absolute atomic E-state index is 5.56. The molecule has 0 aromatic rings. The van der Waals surface area contributed by atoms with Crippen molar-refractivity contribution in [3.8, 4) is 0 Å². The van der Waals surface area contributed by atoms with Gasteiger partial charge in [0.05, 0.1) is 32.7 Å². The molecule has 104 valence electrons. The molecule has 0 aromatic carbocycles. The van der Waals surface area contributed by atoms with Crippen LogP contribution in [0, 0.1) is 0 Å². The fourth-order valence-corrected chi connectivity index (χ4v) is 3.49. The molecule has 2 rings (SSSR count). The summed E-state index contributed by atoms with van der Waals surface area (Å²) in [5.74, 6) is 0. The highest BCUT2D eigenvalue weighted by atomic mass is 32.1. The molecule has 0 atom stereocenters. The zero-order valence-corrected chi connectivity index (χ0v) is 12.5. The lowest BCUT2D eigenvalue weighted by Gasteiger charge is -2.35. The van der Waals surface area contributed by atoms with Crippen LogP contribution in [0.3, 0.4) is 0 Å². The van der Waals surface area contributed by atoms with E-state index in [4.69, 9.17) is 12.2 Å². The van der Waals surface area contributed by atoms with Gasteiger partial charge in [0.1, 0.15) is 0 Å². The van der Waals surface area contributed by atoms with Crippen molar-refractivity contribution in [3.05, 3.63) is 0 Å². The largest absolute Gasteiger partial charge is 0.360 e. The number of hydrogen-bond acceptors (Lipinski definition) is 1. The summed E-state index contributed by atoms with van der Waals surface area (Å²) < 4.78 is 0. The molecule has 1 saturated carbocycles. The number of quaternary nitrogens is 1. The number of rotatable bonds is 3. The fourth-order valence-electron chi connectivity index (χ4n) is 3.14. The molecular formula is C14H28N3S+. The van der Waals surface area contributed by atoms with Crippen molar-refractivity contribution in [3.63, 3.8) is 0 Å². The van der Waals surface area contributed by atoms with Gasteiger partial charge in [-0.1, -0.05) is 26.2 Å². The smallest absolute Gasteiger partial charge is 0.169 e. The topological polar surface area (TPSA) is 19.7 Å². The molecular weight excluding hydrogens is 242 g/mol. The molecule has 2 fully saturated rings. The standard InChI is InChI=1S/C14H27N3S/c1-2-8-16-9-11-17(12-10-16)14(18)15-13-6-4-3-5-7-13/h13H,2-12H2,1H3,(H,15,18)/p+1. The first-order valence-corrected chi connectivity index (χ1v) is 8.09. The van der Waals surface area contributed by atoms with E-state index >= 15 is 0 Å². The Bertz CT molecular complexity index is 256. The van der Waals surface area contributed by atoms with Crippen LogP contribution in [0.5, 0.6) is 0 Å². The number of nitrogens with one attached hydrogen (secondary N) is 2. The van der Waals surface area contributed by atoms with E-state index < -0.39 is 0 Å². The van der Waals surface area contributed by atoms with Crippen LogP contribution in [-0.4, -0.2) is 48.8 Å². The van der Waals surface area contributed by atoms with Gasteiger partial charge >= 0.3 is 0 Å². The highest BCUT2D eigenvalue weighted by Crippen LogP contribution is 2.17. The van der Waals surface area contributed by atoms with E-state index in [1.54, 1.807) is 4.90 Å². The summed E-state index contributed by atoms with van der Waals surface area (Å²) in [5.41, 5.74) is 0. The van der Waals surface area contributed by atoms with Crippen LogP contribution >= 0.6 is 12.2 Å². The molecule has 2 N–H and O–H groups in total. The average Bonchev–Trinajstić information content (AvgIpc) is 2.41. The number of nitrogens with zero attached hydrogens (tertiary/aromatic N) is 1. The summed E-state index contributed by atoms with van der Waals surface area (Å²) in [6.07, 6.45) is 8.05. The summed E-state index contributed by atoms with van der Waals surface area (Å²) in [4.78, 5) is 4.12. The van der Waals surface area contributed by atoms with Crippen molar-refractivity contribution in [2.45, 2.75) is 51.5 Å². The van der Waals surface area contributed by atoms with Gasteiger partial charge in [-0.2, -0.15) is 0 Å². The molecule has 0 bridgehead atoms. The Morgan fingerprint density at radius 3 is 2.50 bits per heavy atom. The SMILES string of the molecule is CCC[NH+]1CCN(C(=S)NC2CCCCC2)CC1. The van der Waals surface area contributed by atoms with Crippen LogP contribution in [0.25, 0.3) is 0 Å². The summed E-state index contributed by atoms with van der Waals surface area (Å²) in [7, 11) is 0. The van der Waals surface area contributed by atoms with E-state index in [-0.39, 0.29) is 0 Å². The number of thiocarbonyl (C=S) groups is 1. The van der Waals surface area contributed by atoms with Gasteiger partial charge in [0.2, 0.25) is 0 Å². The van der Waals surface area contributed by atoms with Crippen LogP contribution in [0.1, 0.15) is 45.4 Å². The Morgan fingerprint density at radius 2 is 1.89 bits per heavy atom. The van der Waals surface area contributed by atoms with Gasteiger partial charge < -0.3 is 15.1 Å². The minimum absolute atomic E-state index is 0.646. The van der Waals surface area contributed by atoms with Crippen LogP contribution in [-0.2, 0) is 0 Å². The van der Waals surface area contributed by atoms with Crippen molar-refractivity contribution in [2.24, 2.45) is 0 Å². The number of piperazine rings is 1. The van der Waals surface area contributed by atoms with Crippen molar-refractivity contribution in [1.29, 1.82) is 0 Å². The van der Waals surface area contributed by atoms with Gasteiger partial charge in [0, 0.05) is 6.04 Å². The quantitative estimate of drug-likeness (QED) is 0.740. The Labute approximate surface area is 117 Å². The molecule has 2 aliphatic rings. The van der Waals surface area contributed by atoms with Crippen LogP contribution in [0.2, 0.25) is 0 Å². The third kappa shape index (κ3) is 4.09. The molecule has 1 aliphatic heterocycles. The number of hydrogen-bond donors (Lipinski definition) is 2. The van der Waals surface area contributed by atoms with E-state index in [0.29, 0.717) is 6.04 Å². The van der Waals surface area contributed by atoms with Crippen LogP contribution in [0.15, 0.2) is 0 Å². The van der Waals surface area contributed by atoms with Crippen LogP contribution < -0.4 is 10.2 Å². The molecule has 0 radical (unpaired) electrons.